The van der Waals surface area contributed by atoms with Gasteiger partial charge in [0.2, 0.25) is 0 Å². The standard InChI is InChI=1S/C14H25N3O3/c1-5-18-14(19-6-2)13(17-15)11-7-12(9-16-8-11)20-10(3)4/h7-10,13-14,17H,5-6,15H2,1-4H3. The first-order valence-corrected chi connectivity index (χ1v) is 6.93. The smallest absolute Gasteiger partial charge is 0.178 e. The number of rotatable bonds is 9. The van der Waals surface area contributed by atoms with Crippen LogP contribution in [0.2, 0.25) is 0 Å². The third-order valence-corrected chi connectivity index (χ3v) is 2.58. The highest BCUT2D eigenvalue weighted by Gasteiger charge is 2.24. The van der Waals surface area contributed by atoms with Crippen LogP contribution in [0.3, 0.4) is 0 Å². The predicted octanol–water partition coefficient (Wildman–Crippen LogP) is 1.77. The van der Waals surface area contributed by atoms with Crippen LogP contribution in [0, 0.1) is 0 Å². The molecule has 0 spiro atoms. The van der Waals surface area contributed by atoms with E-state index in [0.29, 0.717) is 19.0 Å². The van der Waals surface area contributed by atoms with Crippen molar-refractivity contribution in [3.05, 3.63) is 24.0 Å². The van der Waals surface area contributed by atoms with E-state index in [1.807, 2.05) is 33.8 Å². The Morgan fingerprint density at radius 3 is 2.35 bits per heavy atom. The van der Waals surface area contributed by atoms with Crippen LogP contribution in [0.4, 0.5) is 0 Å². The molecule has 0 aromatic carbocycles. The predicted molar refractivity (Wildman–Crippen MR) is 77.1 cm³/mol. The Labute approximate surface area is 120 Å². The summed E-state index contributed by atoms with van der Waals surface area (Å²) in [5.74, 6) is 6.34. The van der Waals surface area contributed by atoms with Gasteiger partial charge >= 0.3 is 0 Å². The fourth-order valence-electron chi connectivity index (χ4n) is 1.84. The summed E-state index contributed by atoms with van der Waals surface area (Å²) in [5.41, 5.74) is 3.58. The fraction of sp³-hybridized carbons (Fsp3) is 0.643. The molecule has 0 bridgehead atoms. The summed E-state index contributed by atoms with van der Waals surface area (Å²) in [6.07, 6.45) is 3.02. The molecule has 1 unspecified atom stereocenters. The zero-order valence-corrected chi connectivity index (χ0v) is 12.6. The van der Waals surface area contributed by atoms with Crippen LogP contribution in [0.15, 0.2) is 18.5 Å². The summed E-state index contributed by atoms with van der Waals surface area (Å²) in [6.45, 7) is 8.84. The van der Waals surface area contributed by atoms with Crippen LogP contribution in [-0.4, -0.2) is 30.6 Å². The molecule has 3 N–H and O–H groups in total. The lowest BCUT2D eigenvalue weighted by Gasteiger charge is -2.26. The Balaban J connectivity index is 2.91. The highest BCUT2D eigenvalue weighted by Crippen LogP contribution is 2.23. The first-order chi connectivity index (χ1) is 9.62. The van der Waals surface area contributed by atoms with Crippen LogP contribution >= 0.6 is 0 Å². The van der Waals surface area contributed by atoms with E-state index in [-0.39, 0.29) is 12.1 Å². The molecule has 1 atom stereocenters. The Hall–Kier alpha value is -1.21. The summed E-state index contributed by atoms with van der Waals surface area (Å²) < 4.78 is 16.8. The van der Waals surface area contributed by atoms with E-state index < -0.39 is 6.29 Å². The molecule has 6 nitrogen and oxygen atoms in total. The maximum Gasteiger partial charge on any atom is 0.178 e. The van der Waals surface area contributed by atoms with Crippen molar-refractivity contribution in [2.45, 2.75) is 46.1 Å². The molecule has 0 aliphatic carbocycles. The van der Waals surface area contributed by atoms with E-state index in [0.717, 1.165) is 5.56 Å². The van der Waals surface area contributed by atoms with Gasteiger partial charge < -0.3 is 14.2 Å². The van der Waals surface area contributed by atoms with Gasteiger partial charge in [-0.2, -0.15) is 0 Å². The van der Waals surface area contributed by atoms with E-state index in [2.05, 4.69) is 10.4 Å². The molecule has 0 amide bonds. The summed E-state index contributed by atoms with van der Waals surface area (Å²) in [5, 5.41) is 0. The fourth-order valence-corrected chi connectivity index (χ4v) is 1.84. The van der Waals surface area contributed by atoms with Gasteiger partial charge in [0, 0.05) is 19.4 Å². The highest BCUT2D eigenvalue weighted by atomic mass is 16.7. The second kappa shape index (κ2) is 8.86. The molecule has 0 aliphatic heterocycles. The summed E-state index contributed by atoms with van der Waals surface area (Å²) in [6, 6.07) is 1.58. The highest BCUT2D eigenvalue weighted by molar-refractivity contribution is 5.26. The number of ether oxygens (including phenoxy) is 3. The molecule has 0 saturated carbocycles. The van der Waals surface area contributed by atoms with Gasteiger partial charge in [0.05, 0.1) is 18.3 Å². The number of hydrogen-bond acceptors (Lipinski definition) is 6. The van der Waals surface area contributed by atoms with E-state index in [4.69, 9.17) is 20.1 Å². The zero-order chi connectivity index (χ0) is 15.0. The first kappa shape index (κ1) is 16.8. The minimum absolute atomic E-state index is 0.0888. The first-order valence-electron chi connectivity index (χ1n) is 6.93. The van der Waals surface area contributed by atoms with Crippen molar-refractivity contribution in [2.24, 2.45) is 5.84 Å². The number of nitrogens with zero attached hydrogens (tertiary/aromatic N) is 1. The van der Waals surface area contributed by atoms with Gasteiger partial charge in [-0.1, -0.05) is 0 Å². The van der Waals surface area contributed by atoms with Crippen molar-refractivity contribution in [3.63, 3.8) is 0 Å². The zero-order valence-electron chi connectivity index (χ0n) is 12.6. The third kappa shape index (κ3) is 5.05. The average Bonchev–Trinajstić information content (AvgIpc) is 2.40. The number of hydrazine groups is 1. The van der Waals surface area contributed by atoms with Crippen molar-refractivity contribution in [2.75, 3.05) is 13.2 Å². The van der Waals surface area contributed by atoms with Crippen molar-refractivity contribution < 1.29 is 14.2 Å². The number of aromatic nitrogens is 1. The van der Waals surface area contributed by atoms with E-state index in [9.17, 15) is 0 Å². The van der Waals surface area contributed by atoms with Gasteiger partial charge in [0.1, 0.15) is 5.75 Å². The summed E-state index contributed by atoms with van der Waals surface area (Å²) in [7, 11) is 0. The third-order valence-electron chi connectivity index (χ3n) is 2.58. The maximum absolute atomic E-state index is 5.64. The molecule has 0 aliphatic rings. The lowest BCUT2D eigenvalue weighted by atomic mass is 10.1. The maximum atomic E-state index is 5.64. The molecule has 0 fully saturated rings. The number of hydrogen-bond donors (Lipinski definition) is 2. The lowest BCUT2D eigenvalue weighted by molar-refractivity contribution is -0.155. The Morgan fingerprint density at radius 2 is 1.85 bits per heavy atom. The minimum atomic E-state index is -0.467. The Kier molecular flexibility index (Phi) is 7.46. The van der Waals surface area contributed by atoms with Gasteiger partial charge in [0.15, 0.2) is 6.29 Å². The van der Waals surface area contributed by atoms with Crippen LogP contribution in [0.1, 0.15) is 39.3 Å². The van der Waals surface area contributed by atoms with Crippen LogP contribution < -0.4 is 16.0 Å². The molecular weight excluding hydrogens is 258 g/mol. The van der Waals surface area contributed by atoms with Crippen LogP contribution in [-0.2, 0) is 9.47 Å². The minimum Gasteiger partial charge on any atom is -0.489 e. The normalized spacial score (nSPS) is 12.9. The van der Waals surface area contributed by atoms with Crippen molar-refractivity contribution in [3.8, 4) is 5.75 Å². The van der Waals surface area contributed by atoms with Crippen molar-refractivity contribution in [1.29, 1.82) is 0 Å². The SMILES string of the molecule is CCOC(OCC)C(NN)c1cncc(OC(C)C)c1. The monoisotopic (exact) mass is 283 g/mol. The molecule has 6 heteroatoms. The largest absolute Gasteiger partial charge is 0.489 e. The van der Waals surface area contributed by atoms with E-state index in [1.165, 1.54) is 0 Å². The summed E-state index contributed by atoms with van der Waals surface area (Å²) in [4.78, 5) is 4.18. The topological polar surface area (TPSA) is 78.6 Å². The quantitative estimate of drug-likeness (QED) is 0.408. The van der Waals surface area contributed by atoms with Gasteiger partial charge in [-0.15, -0.1) is 0 Å². The molecule has 1 aromatic heterocycles. The second-order valence-corrected chi connectivity index (χ2v) is 4.54. The molecule has 1 aromatic rings. The molecule has 0 saturated heterocycles. The second-order valence-electron chi connectivity index (χ2n) is 4.54. The van der Waals surface area contributed by atoms with Crippen LogP contribution in [0.5, 0.6) is 5.75 Å². The number of nitrogens with two attached hydrogens (primary N) is 1. The molecule has 1 heterocycles. The van der Waals surface area contributed by atoms with Crippen molar-refractivity contribution >= 4 is 0 Å². The molecule has 1 rings (SSSR count). The van der Waals surface area contributed by atoms with Gasteiger partial charge in [-0.3, -0.25) is 10.8 Å². The number of pyridine rings is 1. The number of nitrogens with one attached hydrogen (secondary N) is 1. The molecule has 20 heavy (non-hydrogen) atoms. The molecule has 0 radical (unpaired) electrons. The molecular formula is C14H25N3O3. The Morgan fingerprint density at radius 1 is 1.20 bits per heavy atom. The Bertz CT molecular complexity index is 382. The van der Waals surface area contributed by atoms with Gasteiger partial charge in [-0.05, 0) is 39.3 Å². The van der Waals surface area contributed by atoms with Crippen LogP contribution in [0.25, 0.3) is 0 Å². The lowest BCUT2D eigenvalue weighted by Crippen LogP contribution is -2.39. The summed E-state index contributed by atoms with van der Waals surface area (Å²) >= 11 is 0. The van der Waals surface area contributed by atoms with Gasteiger partial charge in [-0.25, -0.2) is 5.43 Å². The molecule has 114 valence electrons. The van der Waals surface area contributed by atoms with Gasteiger partial charge in [0.25, 0.3) is 0 Å². The van der Waals surface area contributed by atoms with E-state index in [1.54, 1.807) is 12.4 Å². The van der Waals surface area contributed by atoms with E-state index >= 15 is 0 Å². The average molecular weight is 283 g/mol. The van der Waals surface area contributed by atoms with Crippen molar-refractivity contribution in [1.82, 2.24) is 10.4 Å².